The zero-order valence-corrected chi connectivity index (χ0v) is 18.9. The molecule has 1 heterocycles. The molecule has 0 radical (unpaired) electrons. The Balaban J connectivity index is 1.49. The first-order valence-electron chi connectivity index (χ1n) is 10.7. The lowest BCUT2D eigenvalue weighted by atomic mass is 10.1. The average molecular weight is 460 g/mol. The highest BCUT2D eigenvalue weighted by Gasteiger charge is 2.14. The molecule has 0 atom stereocenters. The van der Waals surface area contributed by atoms with Crippen molar-refractivity contribution in [1.82, 2.24) is 19.9 Å². The second kappa shape index (κ2) is 10.1. The molecular formula is C25H25N5O4. The molecule has 34 heavy (non-hydrogen) atoms. The topological polar surface area (TPSA) is 110 Å². The molecule has 0 aliphatic heterocycles. The number of aromatic nitrogens is 3. The van der Waals surface area contributed by atoms with Crippen LogP contribution in [0.2, 0.25) is 0 Å². The van der Waals surface area contributed by atoms with Gasteiger partial charge in [-0.3, -0.25) is 9.59 Å². The Hall–Kier alpha value is -4.24. The van der Waals surface area contributed by atoms with Crippen LogP contribution in [0.15, 0.2) is 66.7 Å². The number of nitrogens with zero attached hydrogens (tertiary/aromatic N) is 4. The molecule has 0 saturated heterocycles. The van der Waals surface area contributed by atoms with Crippen LogP contribution >= 0.6 is 0 Å². The number of hydrogen-bond acceptors (Lipinski definition) is 6. The van der Waals surface area contributed by atoms with Crippen LogP contribution in [-0.2, 0) is 11.2 Å². The average Bonchev–Trinajstić information content (AvgIpc) is 3.27. The van der Waals surface area contributed by atoms with Crippen molar-refractivity contribution >= 4 is 28.5 Å². The van der Waals surface area contributed by atoms with Gasteiger partial charge < -0.3 is 20.1 Å². The molecule has 0 bridgehead atoms. The Bertz CT molecular complexity index is 1280. The van der Waals surface area contributed by atoms with Crippen molar-refractivity contribution in [2.75, 3.05) is 32.6 Å². The summed E-state index contributed by atoms with van der Waals surface area (Å²) >= 11 is 0. The molecule has 0 spiro atoms. The summed E-state index contributed by atoms with van der Waals surface area (Å²) in [5.74, 6) is -0.0296. The van der Waals surface area contributed by atoms with Crippen LogP contribution in [0.5, 0.6) is 5.75 Å². The largest absolute Gasteiger partial charge is 0.481 e. The number of ether oxygens (including phenoxy) is 1. The Morgan fingerprint density at radius 3 is 2.29 bits per heavy atom. The van der Waals surface area contributed by atoms with Gasteiger partial charge in [0.15, 0.2) is 6.61 Å². The molecule has 9 nitrogen and oxygen atoms in total. The molecule has 0 saturated carbocycles. The lowest BCUT2D eigenvalue weighted by Gasteiger charge is -2.13. The lowest BCUT2D eigenvalue weighted by molar-refractivity contribution is -0.118. The predicted molar refractivity (Wildman–Crippen MR) is 128 cm³/mol. The van der Waals surface area contributed by atoms with E-state index in [4.69, 9.17) is 4.74 Å². The van der Waals surface area contributed by atoms with Crippen LogP contribution in [0, 0.1) is 0 Å². The molecule has 1 aromatic heterocycles. The molecule has 0 aliphatic rings. The number of hydrogen-bond donors (Lipinski definition) is 2. The molecule has 4 aromatic rings. The first-order chi connectivity index (χ1) is 16.4. The maximum absolute atomic E-state index is 12.5. The standard InChI is InChI=1S/C25H25N5O4/c1-29(2)25(33)18-8-10-19(11-9-18)26-24(32)16-34-23-12-7-17(13-14-31)15-22(23)30-27-20-5-3-4-6-21(20)28-30/h3-12,15,31H,13-14,16H2,1-2H3,(H,26,32). The van der Waals surface area contributed by atoms with Crippen molar-refractivity contribution < 1.29 is 19.4 Å². The predicted octanol–water partition coefficient (Wildman–Crippen LogP) is 2.67. The van der Waals surface area contributed by atoms with Gasteiger partial charge in [0, 0.05) is 32.0 Å². The fraction of sp³-hybridized carbons (Fsp3) is 0.200. The zero-order chi connectivity index (χ0) is 24.1. The van der Waals surface area contributed by atoms with Crippen molar-refractivity contribution in [1.29, 1.82) is 0 Å². The van der Waals surface area contributed by atoms with E-state index in [1.807, 2.05) is 36.4 Å². The Labute approximate surface area is 196 Å². The summed E-state index contributed by atoms with van der Waals surface area (Å²) in [5, 5.41) is 21.1. The molecule has 9 heteroatoms. The molecular weight excluding hydrogens is 434 g/mol. The Morgan fingerprint density at radius 2 is 1.68 bits per heavy atom. The molecule has 2 amide bonds. The number of anilines is 1. The van der Waals surface area contributed by atoms with Crippen molar-refractivity contribution in [2.45, 2.75) is 6.42 Å². The number of nitrogens with one attached hydrogen (secondary N) is 1. The molecule has 0 aliphatic carbocycles. The van der Waals surface area contributed by atoms with E-state index in [1.54, 1.807) is 44.4 Å². The quantitative estimate of drug-likeness (QED) is 0.419. The van der Waals surface area contributed by atoms with E-state index >= 15 is 0 Å². The number of fused-ring (bicyclic) bond motifs is 1. The summed E-state index contributed by atoms with van der Waals surface area (Å²) in [6.45, 7) is -0.221. The number of carbonyl (C=O) groups excluding carboxylic acids is 2. The van der Waals surface area contributed by atoms with Gasteiger partial charge >= 0.3 is 0 Å². The van der Waals surface area contributed by atoms with Crippen LogP contribution in [-0.4, -0.2) is 64.1 Å². The number of amides is 2. The van der Waals surface area contributed by atoms with Crippen LogP contribution in [0.3, 0.4) is 0 Å². The molecule has 0 unspecified atom stereocenters. The van der Waals surface area contributed by atoms with Crippen molar-refractivity contribution in [3.05, 3.63) is 77.9 Å². The second-order valence-corrected chi connectivity index (χ2v) is 7.87. The molecule has 0 fully saturated rings. The van der Waals surface area contributed by atoms with Gasteiger partial charge in [-0.25, -0.2) is 0 Å². The third kappa shape index (κ3) is 5.21. The first-order valence-corrected chi connectivity index (χ1v) is 10.7. The fourth-order valence-electron chi connectivity index (χ4n) is 3.39. The lowest BCUT2D eigenvalue weighted by Crippen LogP contribution is -2.22. The first kappa shape index (κ1) is 22.9. The van der Waals surface area contributed by atoms with E-state index in [9.17, 15) is 14.7 Å². The summed E-state index contributed by atoms with van der Waals surface area (Å²) in [6, 6.07) is 19.6. The van der Waals surface area contributed by atoms with E-state index in [2.05, 4.69) is 15.5 Å². The van der Waals surface area contributed by atoms with Gasteiger partial charge in [0.25, 0.3) is 11.8 Å². The summed E-state index contributed by atoms with van der Waals surface area (Å²) < 4.78 is 5.81. The van der Waals surface area contributed by atoms with Crippen LogP contribution in [0.25, 0.3) is 16.7 Å². The van der Waals surface area contributed by atoms with Gasteiger partial charge in [-0.15, -0.1) is 15.0 Å². The van der Waals surface area contributed by atoms with Gasteiger partial charge in [-0.1, -0.05) is 18.2 Å². The molecule has 3 aromatic carbocycles. The van der Waals surface area contributed by atoms with E-state index in [-0.39, 0.29) is 25.0 Å². The number of aliphatic hydroxyl groups is 1. The SMILES string of the molecule is CN(C)C(=O)c1ccc(NC(=O)COc2ccc(CCO)cc2-n2nc3ccccc3n2)cc1. The highest BCUT2D eigenvalue weighted by atomic mass is 16.5. The van der Waals surface area contributed by atoms with E-state index in [1.165, 1.54) is 9.70 Å². The third-order valence-electron chi connectivity index (χ3n) is 5.11. The van der Waals surface area contributed by atoms with Crippen LogP contribution in [0.1, 0.15) is 15.9 Å². The minimum atomic E-state index is -0.351. The minimum absolute atomic E-state index is 0.00942. The van der Waals surface area contributed by atoms with E-state index < -0.39 is 0 Å². The number of aliphatic hydroxyl groups excluding tert-OH is 1. The maximum Gasteiger partial charge on any atom is 0.262 e. The molecule has 174 valence electrons. The second-order valence-electron chi connectivity index (χ2n) is 7.87. The Morgan fingerprint density at radius 1 is 1.00 bits per heavy atom. The zero-order valence-electron chi connectivity index (χ0n) is 18.9. The van der Waals surface area contributed by atoms with Crippen molar-refractivity contribution in [2.24, 2.45) is 0 Å². The monoisotopic (exact) mass is 459 g/mol. The van der Waals surface area contributed by atoms with E-state index in [0.29, 0.717) is 29.1 Å². The van der Waals surface area contributed by atoms with Crippen molar-refractivity contribution in [3.8, 4) is 11.4 Å². The number of benzene rings is 3. The van der Waals surface area contributed by atoms with E-state index in [0.717, 1.165) is 16.6 Å². The normalized spacial score (nSPS) is 10.8. The van der Waals surface area contributed by atoms with Crippen LogP contribution < -0.4 is 10.1 Å². The maximum atomic E-state index is 12.5. The fourth-order valence-corrected chi connectivity index (χ4v) is 3.39. The van der Waals surface area contributed by atoms with Gasteiger partial charge in [0.1, 0.15) is 22.5 Å². The van der Waals surface area contributed by atoms with Gasteiger partial charge in [0.2, 0.25) is 0 Å². The highest BCUT2D eigenvalue weighted by Crippen LogP contribution is 2.25. The summed E-state index contributed by atoms with van der Waals surface area (Å²) in [7, 11) is 3.36. The summed E-state index contributed by atoms with van der Waals surface area (Å²) in [5.41, 5.74) is 4.02. The highest BCUT2D eigenvalue weighted by molar-refractivity contribution is 5.95. The smallest absolute Gasteiger partial charge is 0.262 e. The number of rotatable bonds is 8. The summed E-state index contributed by atoms with van der Waals surface area (Å²) in [6.07, 6.45) is 0.473. The van der Waals surface area contributed by atoms with Crippen molar-refractivity contribution in [3.63, 3.8) is 0 Å². The van der Waals surface area contributed by atoms with Crippen LogP contribution in [0.4, 0.5) is 5.69 Å². The number of carbonyl (C=O) groups is 2. The molecule has 2 N–H and O–H groups in total. The third-order valence-corrected chi connectivity index (χ3v) is 5.11. The minimum Gasteiger partial charge on any atom is -0.481 e. The molecule has 4 rings (SSSR count). The van der Waals surface area contributed by atoms with Gasteiger partial charge in [0.05, 0.1) is 0 Å². The van der Waals surface area contributed by atoms with Gasteiger partial charge in [-0.2, -0.15) is 0 Å². The summed E-state index contributed by atoms with van der Waals surface area (Å²) in [4.78, 5) is 27.4. The Kier molecular flexibility index (Phi) is 6.84. The van der Waals surface area contributed by atoms with Gasteiger partial charge in [-0.05, 0) is 60.5 Å².